The zero-order valence-corrected chi connectivity index (χ0v) is 10.4. The molecule has 0 bridgehead atoms. The SMILES string of the molecule is NCC1CCCCN1C(=O)Cn1ccccc1=O. The Kier molecular flexibility index (Phi) is 4.15. The molecule has 5 heteroatoms. The predicted octanol–water partition coefficient (Wildman–Crippen LogP) is 0.188. The zero-order valence-electron chi connectivity index (χ0n) is 10.4. The summed E-state index contributed by atoms with van der Waals surface area (Å²) in [5, 5.41) is 0. The van der Waals surface area contributed by atoms with Crippen LogP contribution in [0, 0.1) is 0 Å². The highest BCUT2D eigenvalue weighted by molar-refractivity contribution is 5.76. The molecule has 0 radical (unpaired) electrons. The molecule has 1 unspecified atom stereocenters. The Morgan fingerprint density at radius 2 is 2.22 bits per heavy atom. The monoisotopic (exact) mass is 249 g/mol. The quantitative estimate of drug-likeness (QED) is 0.831. The number of hydrogen-bond acceptors (Lipinski definition) is 3. The third-order valence-corrected chi connectivity index (χ3v) is 3.42. The van der Waals surface area contributed by atoms with Crippen molar-refractivity contribution in [3.8, 4) is 0 Å². The van der Waals surface area contributed by atoms with Gasteiger partial charge in [-0.3, -0.25) is 9.59 Å². The lowest BCUT2D eigenvalue weighted by Crippen LogP contribution is -2.49. The number of carbonyl (C=O) groups excluding carboxylic acids is 1. The Morgan fingerprint density at radius 1 is 1.39 bits per heavy atom. The van der Waals surface area contributed by atoms with E-state index in [4.69, 9.17) is 5.73 Å². The van der Waals surface area contributed by atoms with Gasteiger partial charge in [0.05, 0.1) is 0 Å². The molecule has 1 aromatic heterocycles. The van der Waals surface area contributed by atoms with Gasteiger partial charge >= 0.3 is 0 Å². The van der Waals surface area contributed by atoms with E-state index in [9.17, 15) is 9.59 Å². The van der Waals surface area contributed by atoms with Gasteiger partial charge in [-0.15, -0.1) is 0 Å². The highest BCUT2D eigenvalue weighted by atomic mass is 16.2. The highest BCUT2D eigenvalue weighted by Crippen LogP contribution is 2.16. The molecule has 5 nitrogen and oxygen atoms in total. The fourth-order valence-electron chi connectivity index (χ4n) is 2.40. The van der Waals surface area contributed by atoms with Crippen molar-refractivity contribution in [2.75, 3.05) is 13.1 Å². The van der Waals surface area contributed by atoms with Gasteiger partial charge in [0.25, 0.3) is 5.56 Å². The number of hydrogen-bond donors (Lipinski definition) is 1. The molecule has 2 heterocycles. The van der Waals surface area contributed by atoms with Crippen molar-refractivity contribution >= 4 is 5.91 Å². The van der Waals surface area contributed by atoms with Gasteiger partial charge in [0.2, 0.25) is 5.91 Å². The lowest BCUT2D eigenvalue weighted by Gasteiger charge is -2.35. The Balaban J connectivity index is 2.07. The molecular weight excluding hydrogens is 230 g/mol. The number of likely N-dealkylation sites (tertiary alicyclic amines) is 1. The number of nitrogens with zero attached hydrogens (tertiary/aromatic N) is 2. The molecule has 1 aromatic rings. The van der Waals surface area contributed by atoms with Crippen molar-refractivity contribution in [1.29, 1.82) is 0 Å². The van der Waals surface area contributed by atoms with Crippen LogP contribution in [0.25, 0.3) is 0 Å². The van der Waals surface area contributed by atoms with Crippen LogP contribution in [0.4, 0.5) is 0 Å². The largest absolute Gasteiger partial charge is 0.337 e. The van der Waals surface area contributed by atoms with Crippen molar-refractivity contribution in [2.24, 2.45) is 5.73 Å². The molecule has 2 N–H and O–H groups in total. The van der Waals surface area contributed by atoms with Gasteiger partial charge in [-0.05, 0) is 25.3 Å². The van der Waals surface area contributed by atoms with Crippen LogP contribution in [0.3, 0.4) is 0 Å². The fourth-order valence-corrected chi connectivity index (χ4v) is 2.40. The molecular formula is C13H19N3O2. The third-order valence-electron chi connectivity index (χ3n) is 3.42. The predicted molar refractivity (Wildman–Crippen MR) is 69.1 cm³/mol. The number of carbonyl (C=O) groups is 1. The normalized spacial score (nSPS) is 19.8. The molecule has 1 amide bonds. The van der Waals surface area contributed by atoms with Crippen LogP contribution in [0.1, 0.15) is 19.3 Å². The van der Waals surface area contributed by atoms with Gasteiger partial charge in [-0.1, -0.05) is 6.07 Å². The smallest absolute Gasteiger partial charge is 0.250 e. The van der Waals surface area contributed by atoms with E-state index in [2.05, 4.69) is 0 Å². The number of amides is 1. The number of piperidine rings is 1. The molecule has 1 saturated heterocycles. The van der Waals surface area contributed by atoms with Gasteiger partial charge in [0, 0.05) is 31.4 Å². The van der Waals surface area contributed by atoms with Crippen molar-refractivity contribution < 1.29 is 4.79 Å². The number of nitrogens with two attached hydrogens (primary N) is 1. The standard InChI is InChI=1S/C13H19N3O2/c14-9-11-5-1-4-8-16(11)13(18)10-15-7-3-2-6-12(15)17/h2-3,6-7,11H,1,4-5,8-10,14H2. The molecule has 1 aliphatic heterocycles. The maximum atomic E-state index is 12.2. The second-order valence-electron chi connectivity index (χ2n) is 4.64. The summed E-state index contributed by atoms with van der Waals surface area (Å²) in [5.74, 6) is -0.0153. The maximum Gasteiger partial charge on any atom is 0.250 e. The van der Waals surface area contributed by atoms with Crippen LogP contribution in [0.5, 0.6) is 0 Å². The van der Waals surface area contributed by atoms with E-state index in [1.807, 2.05) is 4.90 Å². The first kappa shape index (κ1) is 12.8. The second kappa shape index (κ2) is 5.82. The molecule has 1 atom stereocenters. The van der Waals surface area contributed by atoms with Gasteiger partial charge in [-0.2, -0.15) is 0 Å². The second-order valence-corrected chi connectivity index (χ2v) is 4.64. The average Bonchev–Trinajstić information content (AvgIpc) is 2.41. The first-order chi connectivity index (χ1) is 8.72. The fraction of sp³-hybridized carbons (Fsp3) is 0.538. The van der Waals surface area contributed by atoms with Crippen molar-refractivity contribution in [3.63, 3.8) is 0 Å². The Morgan fingerprint density at radius 3 is 2.94 bits per heavy atom. The van der Waals surface area contributed by atoms with E-state index < -0.39 is 0 Å². The number of pyridine rings is 1. The first-order valence-electron chi connectivity index (χ1n) is 6.37. The average molecular weight is 249 g/mol. The first-order valence-corrected chi connectivity index (χ1v) is 6.37. The molecule has 18 heavy (non-hydrogen) atoms. The van der Waals surface area contributed by atoms with Gasteiger partial charge in [0.1, 0.15) is 6.54 Å². The topological polar surface area (TPSA) is 68.3 Å². The third kappa shape index (κ3) is 2.79. The van der Waals surface area contributed by atoms with Crippen LogP contribution < -0.4 is 11.3 Å². The summed E-state index contributed by atoms with van der Waals surface area (Å²) in [5.41, 5.74) is 5.55. The molecule has 1 aliphatic rings. The minimum absolute atomic E-state index is 0.0153. The summed E-state index contributed by atoms with van der Waals surface area (Å²) < 4.78 is 1.44. The minimum atomic E-state index is -0.146. The lowest BCUT2D eigenvalue weighted by molar-refractivity contribution is -0.135. The molecule has 0 spiro atoms. The van der Waals surface area contributed by atoms with Crippen LogP contribution >= 0.6 is 0 Å². The molecule has 0 aromatic carbocycles. The van der Waals surface area contributed by atoms with E-state index in [0.717, 1.165) is 25.8 Å². The molecule has 1 fully saturated rings. The molecule has 2 rings (SSSR count). The van der Waals surface area contributed by atoms with E-state index in [0.29, 0.717) is 6.54 Å². The molecule has 98 valence electrons. The van der Waals surface area contributed by atoms with Crippen LogP contribution in [-0.4, -0.2) is 34.5 Å². The van der Waals surface area contributed by atoms with Crippen molar-refractivity contribution in [3.05, 3.63) is 34.7 Å². The zero-order chi connectivity index (χ0) is 13.0. The summed E-state index contributed by atoms with van der Waals surface area (Å²) in [7, 11) is 0. The van der Waals surface area contributed by atoms with E-state index >= 15 is 0 Å². The summed E-state index contributed by atoms with van der Waals surface area (Å²) in [4.78, 5) is 25.6. The van der Waals surface area contributed by atoms with Gasteiger partial charge in [-0.25, -0.2) is 0 Å². The highest BCUT2D eigenvalue weighted by Gasteiger charge is 2.25. The lowest BCUT2D eigenvalue weighted by atomic mass is 10.0. The molecule has 0 saturated carbocycles. The van der Waals surface area contributed by atoms with Crippen molar-refractivity contribution in [1.82, 2.24) is 9.47 Å². The van der Waals surface area contributed by atoms with Crippen LogP contribution in [0.2, 0.25) is 0 Å². The van der Waals surface area contributed by atoms with E-state index in [-0.39, 0.29) is 24.1 Å². The summed E-state index contributed by atoms with van der Waals surface area (Å²) in [6.07, 6.45) is 4.75. The molecule has 0 aliphatic carbocycles. The minimum Gasteiger partial charge on any atom is -0.337 e. The Labute approximate surface area is 106 Å². The summed E-state index contributed by atoms with van der Waals surface area (Å²) in [6.45, 7) is 1.36. The van der Waals surface area contributed by atoms with E-state index in [1.165, 1.54) is 10.6 Å². The summed E-state index contributed by atoms with van der Waals surface area (Å²) in [6, 6.07) is 5.02. The van der Waals surface area contributed by atoms with E-state index in [1.54, 1.807) is 18.3 Å². The number of rotatable bonds is 3. The van der Waals surface area contributed by atoms with Crippen LogP contribution in [-0.2, 0) is 11.3 Å². The van der Waals surface area contributed by atoms with Gasteiger partial charge < -0.3 is 15.2 Å². The Hall–Kier alpha value is -1.62. The maximum absolute atomic E-state index is 12.2. The van der Waals surface area contributed by atoms with Gasteiger partial charge in [0.15, 0.2) is 0 Å². The van der Waals surface area contributed by atoms with Crippen LogP contribution in [0.15, 0.2) is 29.2 Å². The summed E-state index contributed by atoms with van der Waals surface area (Å²) >= 11 is 0. The van der Waals surface area contributed by atoms with Crippen molar-refractivity contribution in [2.45, 2.75) is 31.8 Å². The number of aromatic nitrogens is 1. The Bertz CT molecular complexity index is 469.